The predicted octanol–water partition coefficient (Wildman–Crippen LogP) is 4.97. The van der Waals surface area contributed by atoms with E-state index in [4.69, 9.17) is 0 Å². The molecule has 2 N–H and O–H groups in total. The molecule has 4 aromatic rings. The number of pyridine rings is 1. The Bertz CT molecular complexity index is 1380. The first-order valence-electron chi connectivity index (χ1n) is 11.8. The summed E-state index contributed by atoms with van der Waals surface area (Å²) in [5.74, 6) is -0.0575. The zero-order valence-electron chi connectivity index (χ0n) is 19.9. The summed E-state index contributed by atoms with van der Waals surface area (Å²) >= 11 is 0. The van der Waals surface area contributed by atoms with E-state index in [1.807, 2.05) is 98.0 Å². The van der Waals surface area contributed by atoms with Crippen molar-refractivity contribution >= 4 is 34.0 Å². The largest absolute Gasteiger partial charge is 0.378 e. The summed E-state index contributed by atoms with van der Waals surface area (Å²) in [4.78, 5) is 31.7. The SMILES string of the molecule is CN(C)c1ccc(CNC(=O)c2cccc([C@@H]3C[C@H]3C(=O)Nc3ccc4cnccc4c3)c2)cc1. The lowest BCUT2D eigenvalue weighted by Gasteiger charge is -2.13. The first-order chi connectivity index (χ1) is 17.0. The minimum atomic E-state index is -0.115. The van der Waals surface area contributed by atoms with Gasteiger partial charge in [0, 0.05) is 61.3 Å². The lowest BCUT2D eigenvalue weighted by Crippen LogP contribution is -2.23. The highest BCUT2D eigenvalue weighted by Gasteiger charge is 2.44. The molecule has 2 atom stereocenters. The average Bonchev–Trinajstić information content (AvgIpc) is 3.69. The van der Waals surface area contributed by atoms with Gasteiger partial charge in [-0.05, 0) is 71.3 Å². The summed E-state index contributed by atoms with van der Waals surface area (Å²) in [6.07, 6.45) is 4.34. The first-order valence-corrected chi connectivity index (χ1v) is 11.8. The number of carbonyl (C=O) groups is 2. The third kappa shape index (κ3) is 5.17. The van der Waals surface area contributed by atoms with E-state index in [0.29, 0.717) is 12.1 Å². The molecule has 6 heteroatoms. The van der Waals surface area contributed by atoms with E-state index >= 15 is 0 Å². The van der Waals surface area contributed by atoms with E-state index in [-0.39, 0.29) is 23.7 Å². The van der Waals surface area contributed by atoms with Crippen LogP contribution in [0.1, 0.15) is 33.8 Å². The maximum atomic E-state index is 12.8. The molecule has 176 valence electrons. The average molecular weight is 465 g/mol. The summed E-state index contributed by atoms with van der Waals surface area (Å²) in [5, 5.41) is 8.11. The molecule has 3 aromatic carbocycles. The summed E-state index contributed by atoms with van der Waals surface area (Å²) in [6, 6.07) is 23.5. The zero-order valence-corrected chi connectivity index (χ0v) is 19.9. The van der Waals surface area contributed by atoms with Crippen molar-refractivity contribution in [3.63, 3.8) is 0 Å². The number of fused-ring (bicyclic) bond motifs is 1. The first kappa shape index (κ1) is 22.6. The molecule has 0 unspecified atom stereocenters. The van der Waals surface area contributed by atoms with Crippen LogP contribution < -0.4 is 15.5 Å². The Kier molecular flexibility index (Phi) is 6.19. The van der Waals surface area contributed by atoms with Crippen LogP contribution in [0.25, 0.3) is 10.8 Å². The number of anilines is 2. The lowest BCUT2D eigenvalue weighted by molar-refractivity contribution is -0.117. The zero-order chi connectivity index (χ0) is 24.4. The molecule has 0 radical (unpaired) electrons. The second kappa shape index (κ2) is 9.58. The molecule has 2 amide bonds. The van der Waals surface area contributed by atoms with Crippen LogP contribution in [0.3, 0.4) is 0 Å². The number of hydrogen-bond donors (Lipinski definition) is 2. The van der Waals surface area contributed by atoms with Gasteiger partial charge in [-0.25, -0.2) is 0 Å². The van der Waals surface area contributed by atoms with Crippen LogP contribution in [0, 0.1) is 5.92 Å². The quantitative estimate of drug-likeness (QED) is 0.405. The molecule has 6 nitrogen and oxygen atoms in total. The summed E-state index contributed by atoms with van der Waals surface area (Å²) in [5.41, 5.74) is 4.59. The fourth-order valence-corrected chi connectivity index (χ4v) is 4.36. The molecule has 0 bridgehead atoms. The van der Waals surface area contributed by atoms with Crippen molar-refractivity contribution in [3.8, 4) is 0 Å². The van der Waals surface area contributed by atoms with Crippen molar-refractivity contribution in [3.05, 3.63) is 102 Å². The Morgan fingerprint density at radius 2 is 1.80 bits per heavy atom. The number of aromatic nitrogens is 1. The van der Waals surface area contributed by atoms with Crippen LogP contribution in [0.4, 0.5) is 11.4 Å². The highest BCUT2D eigenvalue weighted by molar-refractivity contribution is 5.98. The van der Waals surface area contributed by atoms with Gasteiger partial charge in [0.15, 0.2) is 0 Å². The van der Waals surface area contributed by atoms with Gasteiger partial charge in [0.05, 0.1) is 0 Å². The molecular formula is C29H28N4O2. The number of carbonyl (C=O) groups excluding carboxylic acids is 2. The van der Waals surface area contributed by atoms with Crippen molar-refractivity contribution in [1.82, 2.24) is 10.3 Å². The number of nitrogens with one attached hydrogen (secondary N) is 2. The van der Waals surface area contributed by atoms with E-state index in [2.05, 4.69) is 15.6 Å². The van der Waals surface area contributed by atoms with Gasteiger partial charge in [-0.1, -0.05) is 30.3 Å². The molecule has 1 aliphatic carbocycles. The van der Waals surface area contributed by atoms with Gasteiger partial charge in [0.2, 0.25) is 5.91 Å². The van der Waals surface area contributed by atoms with Crippen molar-refractivity contribution in [2.24, 2.45) is 5.92 Å². The topological polar surface area (TPSA) is 74.3 Å². The van der Waals surface area contributed by atoms with Gasteiger partial charge < -0.3 is 15.5 Å². The van der Waals surface area contributed by atoms with Gasteiger partial charge in [0.1, 0.15) is 0 Å². The molecule has 1 heterocycles. The number of hydrogen-bond acceptors (Lipinski definition) is 4. The number of rotatable bonds is 7. The molecule has 0 saturated heterocycles. The molecule has 0 aliphatic heterocycles. The third-order valence-electron chi connectivity index (χ3n) is 6.52. The molecule has 1 aromatic heterocycles. The molecule has 0 spiro atoms. The standard InChI is InChI=1S/C29H28N4O2/c1-33(2)25-10-6-19(7-11-25)17-31-28(34)22-5-3-4-21(14-22)26-16-27(26)29(35)32-24-9-8-23-18-30-13-12-20(23)15-24/h3-15,18,26-27H,16-17H2,1-2H3,(H,31,34)(H,32,35)/t26-,27+/m0/s1. The summed E-state index contributed by atoms with van der Waals surface area (Å²) < 4.78 is 0. The van der Waals surface area contributed by atoms with E-state index in [9.17, 15) is 9.59 Å². The van der Waals surface area contributed by atoms with Crippen LogP contribution >= 0.6 is 0 Å². The van der Waals surface area contributed by atoms with Crippen LogP contribution in [-0.4, -0.2) is 30.9 Å². The van der Waals surface area contributed by atoms with Crippen LogP contribution in [0.2, 0.25) is 0 Å². The molecule has 35 heavy (non-hydrogen) atoms. The Labute approximate surface area is 205 Å². The van der Waals surface area contributed by atoms with Crippen molar-refractivity contribution in [2.45, 2.75) is 18.9 Å². The number of nitrogens with zero attached hydrogens (tertiary/aromatic N) is 2. The van der Waals surface area contributed by atoms with E-state index in [1.54, 1.807) is 6.20 Å². The summed E-state index contributed by atoms with van der Waals surface area (Å²) in [7, 11) is 4.00. The maximum Gasteiger partial charge on any atom is 0.251 e. The van der Waals surface area contributed by atoms with Crippen LogP contribution in [0.15, 0.2) is 85.2 Å². The van der Waals surface area contributed by atoms with Crippen LogP contribution in [0.5, 0.6) is 0 Å². The van der Waals surface area contributed by atoms with E-state index in [0.717, 1.165) is 39.7 Å². The predicted molar refractivity (Wildman–Crippen MR) is 140 cm³/mol. The number of amides is 2. The van der Waals surface area contributed by atoms with Gasteiger partial charge in [-0.3, -0.25) is 14.6 Å². The smallest absolute Gasteiger partial charge is 0.251 e. The normalized spacial score (nSPS) is 16.5. The van der Waals surface area contributed by atoms with Crippen molar-refractivity contribution in [2.75, 3.05) is 24.3 Å². The molecule has 1 aliphatic rings. The van der Waals surface area contributed by atoms with Gasteiger partial charge >= 0.3 is 0 Å². The van der Waals surface area contributed by atoms with E-state index in [1.165, 1.54) is 0 Å². The van der Waals surface area contributed by atoms with Gasteiger partial charge in [-0.2, -0.15) is 0 Å². The highest BCUT2D eigenvalue weighted by Crippen LogP contribution is 2.48. The molecule has 1 saturated carbocycles. The minimum absolute atomic E-state index is 0.0134. The van der Waals surface area contributed by atoms with Gasteiger partial charge in [-0.15, -0.1) is 0 Å². The summed E-state index contributed by atoms with van der Waals surface area (Å²) in [6.45, 7) is 0.465. The lowest BCUT2D eigenvalue weighted by atomic mass is 10.0. The van der Waals surface area contributed by atoms with E-state index < -0.39 is 0 Å². The second-order valence-electron chi connectivity index (χ2n) is 9.24. The Hall–Kier alpha value is -4.19. The Morgan fingerprint density at radius 1 is 0.971 bits per heavy atom. The minimum Gasteiger partial charge on any atom is -0.378 e. The van der Waals surface area contributed by atoms with Crippen molar-refractivity contribution < 1.29 is 9.59 Å². The molecule has 1 fully saturated rings. The second-order valence-corrected chi connectivity index (χ2v) is 9.24. The molecule has 5 rings (SSSR count). The molecular weight excluding hydrogens is 436 g/mol. The van der Waals surface area contributed by atoms with Gasteiger partial charge in [0.25, 0.3) is 5.91 Å². The highest BCUT2D eigenvalue weighted by atomic mass is 16.2. The maximum absolute atomic E-state index is 12.8. The third-order valence-corrected chi connectivity index (χ3v) is 6.52. The van der Waals surface area contributed by atoms with Crippen molar-refractivity contribution in [1.29, 1.82) is 0 Å². The van der Waals surface area contributed by atoms with Crippen LogP contribution in [-0.2, 0) is 11.3 Å². The monoisotopic (exact) mass is 464 g/mol. The fraction of sp³-hybridized carbons (Fsp3) is 0.207. The number of benzene rings is 3. The fourth-order valence-electron chi connectivity index (χ4n) is 4.36. The Balaban J connectivity index is 1.18. The Morgan fingerprint density at radius 3 is 2.60 bits per heavy atom.